The Kier molecular flexibility index (Phi) is 7.43. The topological polar surface area (TPSA) is 130 Å². The van der Waals surface area contributed by atoms with Crippen molar-refractivity contribution in [3.63, 3.8) is 0 Å². The number of carbonyl (C=O) groups excluding carboxylic acids is 1. The van der Waals surface area contributed by atoms with E-state index >= 15 is 0 Å². The van der Waals surface area contributed by atoms with Gasteiger partial charge in [0.2, 0.25) is 5.71 Å². The van der Waals surface area contributed by atoms with E-state index in [-0.39, 0.29) is 6.54 Å². The van der Waals surface area contributed by atoms with E-state index in [2.05, 4.69) is 16.6 Å². The van der Waals surface area contributed by atoms with Crippen molar-refractivity contribution in [2.75, 3.05) is 12.0 Å². The fraction of sp³-hybridized carbons (Fsp3) is 0.227. The van der Waals surface area contributed by atoms with E-state index in [1.165, 1.54) is 19.1 Å². The van der Waals surface area contributed by atoms with Crippen LogP contribution >= 0.6 is 0 Å². The summed E-state index contributed by atoms with van der Waals surface area (Å²) in [7, 11) is 0. The number of carbonyl (C=O) groups is 2. The summed E-state index contributed by atoms with van der Waals surface area (Å²) >= 11 is 0. The molecular weight excluding hydrogens is 401 g/mol. The van der Waals surface area contributed by atoms with E-state index in [4.69, 9.17) is 5.11 Å². The Morgan fingerprint density at radius 3 is 2.23 bits per heavy atom. The standard InChI is InChI=1S/C22H20FN5O3/c1-4-28(22(30)31)21(29)19(12-25)27-26-17-9-13(2)20(14(3)10-17)18(11-24)15-5-7-16(23)8-6-15/h5-10,18,26H,4H2,1-3H3,(H,30,31). The molecule has 9 heteroatoms. The van der Waals surface area contributed by atoms with Crippen LogP contribution in [0, 0.1) is 42.3 Å². The summed E-state index contributed by atoms with van der Waals surface area (Å²) in [6.07, 6.45) is -1.48. The van der Waals surface area contributed by atoms with Crippen LogP contribution < -0.4 is 5.43 Å². The summed E-state index contributed by atoms with van der Waals surface area (Å²) in [6, 6.07) is 12.9. The van der Waals surface area contributed by atoms with E-state index in [1.54, 1.807) is 44.2 Å². The van der Waals surface area contributed by atoms with Crippen molar-refractivity contribution in [2.24, 2.45) is 5.10 Å². The molecule has 8 nitrogen and oxygen atoms in total. The minimum Gasteiger partial charge on any atom is -0.465 e. The summed E-state index contributed by atoms with van der Waals surface area (Å²) in [5, 5.41) is 31.7. The largest absolute Gasteiger partial charge is 0.465 e. The Morgan fingerprint density at radius 1 is 1.19 bits per heavy atom. The number of carboxylic acid groups (broad SMARTS) is 1. The molecule has 0 aliphatic carbocycles. The normalized spacial score (nSPS) is 11.7. The number of benzene rings is 2. The van der Waals surface area contributed by atoms with Crippen LogP contribution in [0.15, 0.2) is 41.5 Å². The molecule has 2 aromatic carbocycles. The Labute approximate surface area is 178 Å². The quantitative estimate of drug-likeness (QED) is 0.537. The monoisotopic (exact) mass is 421 g/mol. The Hall–Kier alpha value is -4.24. The molecule has 0 saturated carbocycles. The van der Waals surface area contributed by atoms with Crippen molar-refractivity contribution < 1.29 is 19.1 Å². The number of hydrogen-bond acceptors (Lipinski definition) is 6. The molecule has 0 heterocycles. The second-order valence-corrected chi connectivity index (χ2v) is 6.65. The average molecular weight is 421 g/mol. The first-order chi connectivity index (χ1) is 14.7. The van der Waals surface area contributed by atoms with Gasteiger partial charge in [0.05, 0.1) is 17.7 Å². The SMILES string of the molecule is CCN(C(=O)O)C(=O)C(C#N)=NNc1cc(C)c(C(C#N)c2ccc(F)cc2)c(C)c1. The predicted octanol–water partition coefficient (Wildman–Crippen LogP) is 3.92. The van der Waals surface area contributed by atoms with Crippen LogP contribution in [0.3, 0.4) is 0 Å². The molecule has 0 aromatic heterocycles. The highest BCUT2D eigenvalue weighted by Gasteiger charge is 2.24. The number of hydrazone groups is 1. The zero-order chi connectivity index (χ0) is 23.1. The summed E-state index contributed by atoms with van der Waals surface area (Å²) in [6.45, 7) is 4.93. The van der Waals surface area contributed by atoms with Gasteiger partial charge < -0.3 is 5.11 Å². The fourth-order valence-electron chi connectivity index (χ4n) is 3.19. The summed E-state index contributed by atoms with van der Waals surface area (Å²) in [4.78, 5) is 23.7. The molecule has 1 unspecified atom stereocenters. The highest BCUT2D eigenvalue weighted by atomic mass is 19.1. The maximum Gasteiger partial charge on any atom is 0.414 e. The first-order valence-corrected chi connectivity index (χ1v) is 9.28. The van der Waals surface area contributed by atoms with Crippen molar-refractivity contribution in [1.29, 1.82) is 10.5 Å². The van der Waals surface area contributed by atoms with E-state index in [0.29, 0.717) is 16.2 Å². The molecule has 2 aromatic rings. The second kappa shape index (κ2) is 9.99. The third-order valence-corrected chi connectivity index (χ3v) is 4.61. The van der Waals surface area contributed by atoms with Crippen molar-refractivity contribution >= 4 is 23.4 Å². The van der Waals surface area contributed by atoms with Gasteiger partial charge in [-0.25, -0.2) is 14.1 Å². The molecule has 0 bridgehead atoms. The maximum absolute atomic E-state index is 13.2. The third-order valence-electron chi connectivity index (χ3n) is 4.61. The van der Waals surface area contributed by atoms with Gasteiger partial charge in [0.25, 0.3) is 5.91 Å². The predicted molar refractivity (Wildman–Crippen MR) is 112 cm³/mol. The summed E-state index contributed by atoms with van der Waals surface area (Å²) < 4.78 is 13.2. The summed E-state index contributed by atoms with van der Waals surface area (Å²) in [5.41, 5.74) is 5.35. The first kappa shape index (κ1) is 23.0. The molecule has 31 heavy (non-hydrogen) atoms. The zero-order valence-electron chi connectivity index (χ0n) is 17.2. The lowest BCUT2D eigenvalue weighted by atomic mass is 9.86. The van der Waals surface area contributed by atoms with Gasteiger partial charge in [-0.2, -0.15) is 15.6 Å². The van der Waals surface area contributed by atoms with Gasteiger partial charge in [-0.1, -0.05) is 12.1 Å². The van der Waals surface area contributed by atoms with E-state index < -0.39 is 29.4 Å². The number of amides is 2. The van der Waals surface area contributed by atoms with Crippen molar-refractivity contribution in [3.8, 4) is 12.1 Å². The number of nitrogens with one attached hydrogen (secondary N) is 1. The molecule has 2 amide bonds. The van der Waals surface area contributed by atoms with Crippen molar-refractivity contribution in [2.45, 2.75) is 26.7 Å². The van der Waals surface area contributed by atoms with Crippen molar-refractivity contribution in [1.82, 2.24) is 4.90 Å². The van der Waals surface area contributed by atoms with Gasteiger partial charge in [0, 0.05) is 6.54 Å². The van der Waals surface area contributed by atoms with Gasteiger partial charge in [-0.05, 0) is 67.3 Å². The van der Waals surface area contributed by atoms with E-state index in [0.717, 1.165) is 16.7 Å². The van der Waals surface area contributed by atoms with Gasteiger partial charge in [-0.3, -0.25) is 10.2 Å². The van der Waals surface area contributed by atoms with E-state index in [9.17, 15) is 24.5 Å². The number of rotatable bonds is 6. The van der Waals surface area contributed by atoms with Crippen LogP contribution in [0.2, 0.25) is 0 Å². The molecular formula is C22H20FN5O3. The van der Waals surface area contributed by atoms with Crippen LogP contribution in [0.5, 0.6) is 0 Å². The lowest BCUT2D eigenvalue weighted by Gasteiger charge is -2.18. The van der Waals surface area contributed by atoms with Gasteiger partial charge >= 0.3 is 6.09 Å². The third kappa shape index (κ3) is 5.22. The second-order valence-electron chi connectivity index (χ2n) is 6.65. The van der Waals surface area contributed by atoms with Gasteiger partial charge in [0.1, 0.15) is 11.9 Å². The van der Waals surface area contributed by atoms with Gasteiger partial charge in [0.15, 0.2) is 0 Å². The Balaban J connectivity index is 2.35. The Bertz CT molecular complexity index is 1090. The molecule has 0 aliphatic rings. The highest BCUT2D eigenvalue weighted by molar-refractivity contribution is 6.46. The van der Waals surface area contributed by atoms with Crippen molar-refractivity contribution in [3.05, 3.63) is 64.5 Å². The zero-order valence-corrected chi connectivity index (χ0v) is 17.2. The Morgan fingerprint density at radius 2 is 1.77 bits per heavy atom. The smallest absolute Gasteiger partial charge is 0.414 e. The number of nitrogens with zero attached hydrogens (tertiary/aromatic N) is 4. The molecule has 0 radical (unpaired) electrons. The molecule has 1 atom stereocenters. The molecule has 158 valence electrons. The molecule has 2 rings (SSSR count). The number of nitriles is 2. The molecule has 2 N–H and O–H groups in total. The minimum absolute atomic E-state index is 0.124. The molecule has 0 aliphatic heterocycles. The highest BCUT2D eigenvalue weighted by Crippen LogP contribution is 2.31. The maximum atomic E-state index is 13.2. The van der Waals surface area contributed by atoms with Crippen LogP contribution in [-0.4, -0.2) is 34.3 Å². The minimum atomic E-state index is -1.48. The fourth-order valence-corrected chi connectivity index (χ4v) is 3.19. The molecule has 0 fully saturated rings. The number of halogens is 1. The van der Waals surface area contributed by atoms with Gasteiger partial charge in [-0.15, -0.1) is 0 Å². The van der Waals surface area contributed by atoms with Crippen LogP contribution in [0.1, 0.15) is 35.1 Å². The number of anilines is 1. The van der Waals surface area contributed by atoms with Crippen LogP contribution in [0.25, 0.3) is 0 Å². The molecule has 0 spiro atoms. The first-order valence-electron chi connectivity index (χ1n) is 9.28. The number of imide groups is 1. The number of aryl methyl sites for hydroxylation is 2. The summed E-state index contributed by atoms with van der Waals surface area (Å²) in [5.74, 6) is -2.03. The molecule has 0 saturated heterocycles. The number of hydrogen-bond donors (Lipinski definition) is 2. The lowest BCUT2D eigenvalue weighted by Crippen LogP contribution is -2.40. The van der Waals surface area contributed by atoms with Crippen LogP contribution in [0.4, 0.5) is 14.9 Å². The van der Waals surface area contributed by atoms with Crippen LogP contribution in [-0.2, 0) is 4.79 Å². The van der Waals surface area contributed by atoms with E-state index in [1.807, 2.05) is 0 Å². The lowest BCUT2D eigenvalue weighted by molar-refractivity contribution is -0.121. The average Bonchev–Trinajstić information content (AvgIpc) is 2.72.